The Bertz CT molecular complexity index is 214. The molecule has 0 saturated heterocycles. The molecule has 2 unspecified atom stereocenters. The van der Waals surface area contributed by atoms with Crippen molar-refractivity contribution in [3.8, 4) is 0 Å². The Labute approximate surface area is 103 Å². The molecule has 0 spiro atoms. The summed E-state index contributed by atoms with van der Waals surface area (Å²) in [6, 6.07) is -0.293. The van der Waals surface area contributed by atoms with Gasteiger partial charge in [0, 0.05) is 27.3 Å². The maximum atomic E-state index is 11.7. The van der Waals surface area contributed by atoms with Crippen LogP contribution in [-0.2, 0) is 14.3 Å². The Balaban J connectivity index is 3.93. The van der Waals surface area contributed by atoms with Crippen LogP contribution in [0.5, 0.6) is 0 Å². The first-order valence-electron chi connectivity index (χ1n) is 5.66. The van der Waals surface area contributed by atoms with Crippen molar-refractivity contribution >= 4 is 5.91 Å². The SMILES string of the molecule is COCCNC(=O)C(C)N(C)CC(O)COC. The molecule has 0 aliphatic rings. The summed E-state index contributed by atoms with van der Waals surface area (Å²) in [6.07, 6.45) is -0.584. The molecule has 0 saturated carbocycles. The standard InChI is InChI=1S/C11H24N2O4/c1-9(11(15)12-5-6-16-3)13(2)7-10(14)8-17-4/h9-10,14H,5-8H2,1-4H3,(H,12,15). The minimum atomic E-state index is -0.584. The molecule has 1 amide bonds. The number of nitrogens with zero attached hydrogens (tertiary/aromatic N) is 1. The second kappa shape index (κ2) is 9.35. The highest BCUT2D eigenvalue weighted by Crippen LogP contribution is 1.98. The van der Waals surface area contributed by atoms with Gasteiger partial charge in [0.25, 0.3) is 0 Å². The molecule has 2 atom stereocenters. The molecule has 0 heterocycles. The Morgan fingerprint density at radius 3 is 2.59 bits per heavy atom. The molecular formula is C11H24N2O4. The molecule has 0 bridgehead atoms. The molecule has 0 aromatic carbocycles. The van der Waals surface area contributed by atoms with Crippen LogP contribution in [0.15, 0.2) is 0 Å². The maximum absolute atomic E-state index is 11.7. The van der Waals surface area contributed by atoms with Gasteiger partial charge in [-0.25, -0.2) is 0 Å². The third kappa shape index (κ3) is 7.27. The average Bonchev–Trinajstić information content (AvgIpc) is 2.28. The van der Waals surface area contributed by atoms with E-state index in [1.165, 1.54) is 7.11 Å². The van der Waals surface area contributed by atoms with E-state index < -0.39 is 6.10 Å². The second-order valence-corrected chi connectivity index (χ2v) is 4.01. The molecule has 6 nitrogen and oxygen atoms in total. The zero-order valence-electron chi connectivity index (χ0n) is 11.1. The van der Waals surface area contributed by atoms with Gasteiger partial charge in [0.2, 0.25) is 5.91 Å². The number of hydrogen-bond acceptors (Lipinski definition) is 5. The molecule has 0 aliphatic heterocycles. The van der Waals surface area contributed by atoms with Crippen molar-refractivity contribution in [3.05, 3.63) is 0 Å². The van der Waals surface area contributed by atoms with Crippen LogP contribution in [0.4, 0.5) is 0 Å². The van der Waals surface area contributed by atoms with E-state index in [-0.39, 0.29) is 18.6 Å². The number of amides is 1. The van der Waals surface area contributed by atoms with Crippen LogP contribution in [0.3, 0.4) is 0 Å². The van der Waals surface area contributed by atoms with Gasteiger partial charge in [0.1, 0.15) is 0 Å². The Hall–Kier alpha value is -0.690. The van der Waals surface area contributed by atoms with Crippen LogP contribution in [0.1, 0.15) is 6.92 Å². The van der Waals surface area contributed by atoms with Gasteiger partial charge >= 0.3 is 0 Å². The number of methoxy groups -OCH3 is 2. The number of ether oxygens (including phenoxy) is 2. The lowest BCUT2D eigenvalue weighted by molar-refractivity contribution is -0.126. The molecular weight excluding hydrogens is 224 g/mol. The Kier molecular flexibility index (Phi) is 8.97. The van der Waals surface area contributed by atoms with Gasteiger partial charge < -0.3 is 19.9 Å². The third-order valence-corrected chi connectivity index (χ3v) is 2.50. The summed E-state index contributed by atoms with van der Waals surface area (Å²) in [4.78, 5) is 13.5. The van der Waals surface area contributed by atoms with Crippen molar-refractivity contribution < 1.29 is 19.4 Å². The number of aliphatic hydroxyl groups is 1. The van der Waals surface area contributed by atoms with E-state index in [9.17, 15) is 9.90 Å². The van der Waals surface area contributed by atoms with E-state index in [0.29, 0.717) is 19.7 Å². The van der Waals surface area contributed by atoms with Crippen LogP contribution in [0, 0.1) is 0 Å². The monoisotopic (exact) mass is 248 g/mol. The number of carbonyl (C=O) groups excluding carboxylic acids is 1. The molecule has 0 aromatic rings. The Morgan fingerprint density at radius 1 is 1.41 bits per heavy atom. The minimum absolute atomic E-state index is 0.0748. The number of carbonyl (C=O) groups is 1. The average molecular weight is 248 g/mol. The summed E-state index contributed by atoms with van der Waals surface area (Å²) in [5, 5.41) is 12.3. The van der Waals surface area contributed by atoms with Crippen molar-refractivity contribution in [1.82, 2.24) is 10.2 Å². The fourth-order valence-corrected chi connectivity index (χ4v) is 1.36. The van der Waals surface area contributed by atoms with Gasteiger partial charge in [-0.1, -0.05) is 0 Å². The van der Waals surface area contributed by atoms with E-state index in [1.807, 2.05) is 0 Å². The lowest BCUT2D eigenvalue weighted by Crippen LogP contribution is -2.47. The van der Waals surface area contributed by atoms with Crippen LogP contribution in [0.2, 0.25) is 0 Å². The molecule has 0 radical (unpaired) electrons. The molecule has 0 rings (SSSR count). The number of rotatable bonds is 9. The smallest absolute Gasteiger partial charge is 0.237 e. The summed E-state index contributed by atoms with van der Waals surface area (Å²) >= 11 is 0. The second-order valence-electron chi connectivity index (χ2n) is 4.01. The molecule has 2 N–H and O–H groups in total. The fourth-order valence-electron chi connectivity index (χ4n) is 1.36. The number of likely N-dealkylation sites (N-methyl/N-ethyl adjacent to an activating group) is 1. The highest BCUT2D eigenvalue weighted by molar-refractivity contribution is 5.81. The zero-order chi connectivity index (χ0) is 13.3. The Morgan fingerprint density at radius 2 is 2.06 bits per heavy atom. The summed E-state index contributed by atoms with van der Waals surface area (Å²) in [5.74, 6) is -0.0748. The predicted molar refractivity (Wildman–Crippen MR) is 64.9 cm³/mol. The summed E-state index contributed by atoms with van der Waals surface area (Å²) < 4.78 is 9.67. The number of nitrogens with one attached hydrogen (secondary N) is 1. The van der Waals surface area contributed by atoms with Crippen LogP contribution in [-0.4, -0.2) is 75.6 Å². The third-order valence-electron chi connectivity index (χ3n) is 2.50. The van der Waals surface area contributed by atoms with E-state index in [1.54, 1.807) is 26.0 Å². The van der Waals surface area contributed by atoms with Gasteiger partial charge in [0.15, 0.2) is 0 Å². The van der Waals surface area contributed by atoms with Crippen molar-refractivity contribution in [1.29, 1.82) is 0 Å². The van der Waals surface area contributed by atoms with E-state index in [2.05, 4.69) is 5.32 Å². The van der Waals surface area contributed by atoms with Gasteiger partial charge in [-0.05, 0) is 14.0 Å². The summed E-state index contributed by atoms with van der Waals surface area (Å²) in [7, 11) is 4.91. The molecule has 17 heavy (non-hydrogen) atoms. The molecule has 0 fully saturated rings. The molecule has 0 aliphatic carbocycles. The molecule has 102 valence electrons. The van der Waals surface area contributed by atoms with E-state index >= 15 is 0 Å². The molecule has 6 heteroatoms. The minimum Gasteiger partial charge on any atom is -0.389 e. The van der Waals surface area contributed by atoms with Crippen molar-refractivity contribution in [2.45, 2.75) is 19.1 Å². The maximum Gasteiger partial charge on any atom is 0.237 e. The summed E-state index contributed by atoms with van der Waals surface area (Å²) in [6.45, 7) is 3.44. The normalized spacial score (nSPS) is 14.7. The fraction of sp³-hybridized carbons (Fsp3) is 0.909. The molecule has 0 aromatic heterocycles. The van der Waals surface area contributed by atoms with Crippen LogP contribution >= 0.6 is 0 Å². The van der Waals surface area contributed by atoms with Crippen molar-refractivity contribution in [3.63, 3.8) is 0 Å². The van der Waals surface area contributed by atoms with E-state index in [0.717, 1.165) is 0 Å². The first-order chi connectivity index (χ1) is 8.02. The lowest BCUT2D eigenvalue weighted by Gasteiger charge is -2.25. The van der Waals surface area contributed by atoms with Gasteiger partial charge in [0.05, 0.1) is 25.4 Å². The lowest BCUT2D eigenvalue weighted by atomic mass is 10.2. The highest BCUT2D eigenvalue weighted by atomic mass is 16.5. The van der Waals surface area contributed by atoms with Crippen LogP contribution in [0.25, 0.3) is 0 Å². The zero-order valence-corrected chi connectivity index (χ0v) is 11.1. The highest BCUT2D eigenvalue weighted by Gasteiger charge is 2.19. The first-order valence-corrected chi connectivity index (χ1v) is 5.66. The summed E-state index contributed by atoms with van der Waals surface area (Å²) in [5.41, 5.74) is 0. The van der Waals surface area contributed by atoms with Crippen LogP contribution < -0.4 is 5.32 Å². The quantitative estimate of drug-likeness (QED) is 0.516. The van der Waals surface area contributed by atoms with Gasteiger partial charge in [-0.2, -0.15) is 0 Å². The number of hydrogen-bond donors (Lipinski definition) is 2. The van der Waals surface area contributed by atoms with Gasteiger partial charge in [-0.3, -0.25) is 9.69 Å². The van der Waals surface area contributed by atoms with Crippen molar-refractivity contribution in [2.75, 3.05) is 47.6 Å². The topological polar surface area (TPSA) is 71.0 Å². The van der Waals surface area contributed by atoms with E-state index in [4.69, 9.17) is 9.47 Å². The first kappa shape index (κ1) is 16.3. The van der Waals surface area contributed by atoms with Crippen molar-refractivity contribution in [2.24, 2.45) is 0 Å². The predicted octanol–water partition coefficient (Wildman–Crippen LogP) is -0.923. The number of aliphatic hydroxyl groups excluding tert-OH is 1. The largest absolute Gasteiger partial charge is 0.389 e. The van der Waals surface area contributed by atoms with Gasteiger partial charge in [-0.15, -0.1) is 0 Å².